The van der Waals surface area contributed by atoms with Crippen molar-refractivity contribution in [1.82, 2.24) is 15.5 Å². The average Bonchev–Trinajstić information content (AvgIpc) is 2.60. The van der Waals surface area contributed by atoms with E-state index >= 15 is 0 Å². The number of rotatable bonds is 6. The van der Waals surface area contributed by atoms with Gasteiger partial charge in [0, 0.05) is 38.6 Å². The minimum atomic E-state index is -3.00. The Labute approximate surface area is 150 Å². The van der Waals surface area contributed by atoms with E-state index in [1.165, 1.54) is 18.2 Å². The zero-order chi connectivity index (χ0) is 18.5. The van der Waals surface area contributed by atoms with Crippen molar-refractivity contribution >= 4 is 11.8 Å². The van der Waals surface area contributed by atoms with E-state index in [0.29, 0.717) is 31.8 Å². The molecule has 0 radical (unpaired) electrons. The van der Waals surface area contributed by atoms with Crippen molar-refractivity contribution in [1.29, 1.82) is 0 Å². The van der Waals surface area contributed by atoms with Gasteiger partial charge in [0.1, 0.15) is 5.75 Å². The first kappa shape index (κ1) is 18.6. The summed E-state index contributed by atoms with van der Waals surface area (Å²) < 4.78 is 29.6. The summed E-state index contributed by atoms with van der Waals surface area (Å²) in [4.78, 5) is 26.7. The van der Waals surface area contributed by atoms with Gasteiger partial charge in [-0.2, -0.15) is 8.78 Å². The zero-order valence-corrected chi connectivity index (χ0v) is 14.4. The first-order valence-electron chi connectivity index (χ1n) is 8.86. The van der Waals surface area contributed by atoms with Gasteiger partial charge < -0.3 is 20.3 Å². The first-order valence-corrected chi connectivity index (χ1v) is 8.86. The number of ether oxygens (including phenoxy) is 1. The molecule has 1 aromatic rings. The fraction of sp³-hybridized carbons (Fsp3) is 0.556. The maximum atomic E-state index is 12.8. The van der Waals surface area contributed by atoms with E-state index < -0.39 is 6.61 Å². The second kappa shape index (κ2) is 8.44. The number of likely N-dealkylation sites (tertiary alicyclic amines) is 1. The molecule has 0 spiro atoms. The molecule has 1 unspecified atom stereocenters. The maximum Gasteiger partial charge on any atom is 0.387 e. The number of benzene rings is 1. The van der Waals surface area contributed by atoms with Crippen molar-refractivity contribution in [2.75, 3.05) is 32.7 Å². The normalized spacial score (nSPS) is 20.6. The Morgan fingerprint density at radius 2 is 2.08 bits per heavy atom. The third-order valence-corrected chi connectivity index (χ3v) is 4.84. The Bertz CT molecular complexity index is 652. The predicted molar refractivity (Wildman–Crippen MR) is 91.1 cm³/mol. The minimum absolute atomic E-state index is 0.0495. The van der Waals surface area contributed by atoms with Crippen LogP contribution in [0.1, 0.15) is 23.2 Å². The fourth-order valence-corrected chi connectivity index (χ4v) is 3.27. The zero-order valence-electron chi connectivity index (χ0n) is 14.4. The molecule has 1 aromatic carbocycles. The Morgan fingerprint density at radius 1 is 1.31 bits per heavy atom. The maximum absolute atomic E-state index is 12.8. The highest BCUT2D eigenvalue weighted by Crippen LogP contribution is 2.25. The molecule has 2 saturated heterocycles. The summed E-state index contributed by atoms with van der Waals surface area (Å²) in [6.45, 7) is 0.258. The summed E-state index contributed by atoms with van der Waals surface area (Å²) in [6, 6.07) is 5.95. The first-order chi connectivity index (χ1) is 12.5. The van der Waals surface area contributed by atoms with E-state index in [0.717, 1.165) is 13.1 Å². The van der Waals surface area contributed by atoms with Crippen molar-refractivity contribution in [3.05, 3.63) is 29.8 Å². The van der Waals surface area contributed by atoms with Crippen LogP contribution in [-0.4, -0.2) is 56.0 Å². The molecule has 2 fully saturated rings. The third-order valence-electron chi connectivity index (χ3n) is 4.84. The standard InChI is InChI=1S/C18H23F2N3O3/c19-18(20)26-15-6-2-1-5-14(15)17(25)23-7-3-4-13(11-23)16(24)22-10-12-8-21-9-12/h1-2,5-6,12-13,18,21H,3-4,7-11H2,(H,22,24). The summed E-state index contributed by atoms with van der Waals surface area (Å²) in [5.74, 6) is -0.382. The number of hydrogen-bond acceptors (Lipinski definition) is 4. The second-order valence-electron chi connectivity index (χ2n) is 6.73. The third kappa shape index (κ3) is 4.49. The summed E-state index contributed by atoms with van der Waals surface area (Å²) in [7, 11) is 0. The number of halogens is 2. The van der Waals surface area contributed by atoms with Crippen molar-refractivity contribution in [2.45, 2.75) is 19.5 Å². The minimum Gasteiger partial charge on any atom is -0.434 e. The number of alkyl halides is 2. The Balaban J connectivity index is 1.61. The molecular formula is C18H23F2N3O3. The van der Waals surface area contributed by atoms with Crippen molar-refractivity contribution in [2.24, 2.45) is 11.8 Å². The van der Waals surface area contributed by atoms with Gasteiger partial charge in [-0.05, 0) is 25.0 Å². The number of amides is 2. The van der Waals surface area contributed by atoms with Gasteiger partial charge in [-0.25, -0.2) is 0 Å². The molecule has 142 valence electrons. The van der Waals surface area contributed by atoms with Gasteiger partial charge in [-0.1, -0.05) is 12.1 Å². The summed E-state index contributed by atoms with van der Waals surface area (Å²) in [5, 5.41) is 6.10. The number of piperidine rings is 1. The van der Waals surface area contributed by atoms with E-state index in [2.05, 4.69) is 15.4 Å². The molecule has 2 amide bonds. The lowest BCUT2D eigenvalue weighted by atomic mass is 9.95. The largest absolute Gasteiger partial charge is 0.434 e. The van der Waals surface area contributed by atoms with Crippen LogP contribution in [0, 0.1) is 11.8 Å². The number of nitrogens with one attached hydrogen (secondary N) is 2. The highest BCUT2D eigenvalue weighted by Gasteiger charge is 2.30. The molecule has 0 aromatic heterocycles. The summed E-state index contributed by atoms with van der Waals surface area (Å²) >= 11 is 0. The molecule has 8 heteroatoms. The monoisotopic (exact) mass is 367 g/mol. The van der Waals surface area contributed by atoms with Gasteiger partial charge in [-0.3, -0.25) is 9.59 Å². The molecule has 2 aliphatic rings. The van der Waals surface area contributed by atoms with Crippen LogP contribution in [0.25, 0.3) is 0 Å². The topological polar surface area (TPSA) is 70.7 Å². The lowest BCUT2D eigenvalue weighted by molar-refractivity contribution is -0.126. The molecule has 3 rings (SSSR count). The Hall–Kier alpha value is -2.22. The van der Waals surface area contributed by atoms with E-state index in [1.807, 2.05) is 0 Å². The van der Waals surface area contributed by atoms with E-state index in [1.54, 1.807) is 11.0 Å². The molecule has 2 aliphatic heterocycles. The van der Waals surface area contributed by atoms with Gasteiger partial charge in [0.05, 0.1) is 11.5 Å². The quantitative estimate of drug-likeness (QED) is 0.799. The smallest absolute Gasteiger partial charge is 0.387 e. The molecule has 6 nitrogen and oxygen atoms in total. The highest BCUT2D eigenvalue weighted by atomic mass is 19.3. The lowest BCUT2D eigenvalue weighted by Gasteiger charge is -2.33. The fourth-order valence-electron chi connectivity index (χ4n) is 3.27. The Kier molecular flexibility index (Phi) is 6.03. The molecule has 2 heterocycles. The van der Waals surface area contributed by atoms with Gasteiger partial charge in [0.25, 0.3) is 5.91 Å². The van der Waals surface area contributed by atoms with E-state index in [9.17, 15) is 18.4 Å². The van der Waals surface area contributed by atoms with Gasteiger partial charge in [-0.15, -0.1) is 0 Å². The number of para-hydroxylation sites is 1. The van der Waals surface area contributed by atoms with Crippen LogP contribution in [0.15, 0.2) is 24.3 Å². The molecule has 0 saturated carbocycles. The molecule has 0 bridgehead atoms. The molecule has 1 atom stereocenters. The number of hydrogen-bond donors (Lipinski definition) is 2. The van der Waals surface area contributed by atoms with Crippen LogP contribution in [0.4, 0.5) is 8.78 Å². The van der Waals surface area contributed by atoms with Crippen LogP contribution >= 0.6 is 0 Å². The Morgan fingerprint density at radius 3 is 2.77 bits per heavy atom. The molecule has 2 N–H and O–H groups in total. The number of carbonyl (C=O) groups excluding carboxylic acids is 2. The van der Waals surface area contributed by atoms with Crippen molar-refractivity contribution < 1.29 is 23.1 Å². The van der Waals surface area contributed by atoms with Crippen LogP contribution in [0.2, 0.25) is 0 Å². The lowest BCUT2D eigenvalue weighted by Crippen LogP contribution is -2.51. The average molecular weight is 367 g/mol. The van der Waals surface area contributed by atoms with E-state index in [-0.39, 0.29) is 35.6 Å². The number of carbonyl (C=O) groups is 2. The van der Waals surface area contributed by atoms with Crippen LogP contribution in [-0.2, 0) is 4.79 Å². The van der Waals surface area contributed by atoms with Crippen molar-refractivity contribution in [3.63, 3.8) is 0 Å². The van der Waals surface area contributed by atoms with Gasteiger partial charge in [0.15, 0.2) is 0 Å². The number of nitrogens with zero attached hydrogens (tertiary/aromatic N) is 1. The van der Waals surface area contributed by atoms with Gasteiger partial charge >= 0.3 is 6.61 Å². The molecular weight excluding hydrogens is 344 g/mol. The SMILES string of the molecule is O=C(NCC1CNC1)C1CCCN(C(=O)c2ccccc2OC(F)F)C1. The summed E-state index contributed by atoms with van der Waals surface area (Å²) in [5.41, 5.74) is 0.0920. The molecule has 0 aliphatic carbocycles. The van der Waals surface area contributed by atoms with E-state index in [4.69, 9.17) is 0 Å². The van der Waals surface area contributed by atoms with Crippen LogP contribution < -0.4 is 15.4 Å². The predicted octanol–water partition coefficient (Wildman–Crippen LogP) is 1.48. The summed E-state index contributed by atoms with van der Waals surface area (Å²) in [6.07, 6.45) is 1.42. The second-order valence-corrected chi connectivity index (χ2v) is 6.73. The van der Waals surface area contributed by atoms with Crippen LogP contribution in [0.5, 0.6) is 5.75 Å². The van der Waals surface area contributed by atoms with Gasteiger partial charge in [0.2, 0.25) is 5.91 Å². The molecule has 26 heavy (non-hydrogen) atoms. The highest BCUT2D eigenvalue weighted by molar-refractivity contribution is 5.97. The van der Waals surface area contributed by atoms with Crippen LogP contribution in [0.3, 0.4) is 0 Å². The van der Waals surface area contributed by atoms with Crippen molar-refractivity contribution in [3.8, 4) is 5.75 Å².